The van der Waals surface area contributed by atoms with E-state index in [2.05, 4.69) is 6.92 Å². The van der Waals surface area contributed by atoms with Gasteiger partial charge in [0.2, 0.25) is 0 Å². The molecule has 0 fully saturated rings. The van der Waals surface area contributed by atoms with Crippen molar-refractivity contribution in [3.63, 3.8) is 0 Å². The first kappa shape index (κ1) is 11.4. The SMILES string of the molecule is [B]c1cc(Cl)c(F)cc1OCCCC. The second-order valence-corrected chi connectivity index (χ2v) is 3.41. The number of hydrogen-bond donors (Lipinski definition) is 0. The van der Waals surface area contributed by atoms with Crippen LogP contribution in [0.5, 0.6) is 5.75 Å². The van der Waals surface area contributed by atoms with Crippen molar-refractivity contribution >= 4 is 24.9 Å². The highest BCUT2D eigenvalue weighted by Crippen LogP contribution is 2.18. The topological polar surface area (TPSA) is 9.23 Å². The van der Waals surface area contributed by atoms with E-state index < -0.39 is 5.82 Å². The fraction of sp³-hybridized carbons (Fsp3) is 0.400. The standard InChI is InChI=1S/C10H11BClFO/c1-2-3-4-14-10-6-9(13)8(12)5-7(10)11/h5-6H,2-4H2,1H3. The molecule has 0 unspecified atom stereocenters. The van der Waals surface area contributed by atoms with Crippen molar-refractivity contribution in [2.45, 2.75) is 19.8 Å². The van der Waals surface area contributed by atoms with E-state index in [0.717, 1.165) is 12.8 Å². The second-order valence-electron chi connectivity index (χ2n) is 3.01. The van der Waals surface area contributed by atoms with Gasteiger partial charge < -0.3 is 4.74 Å². The van der Waals surface area contributed by atoms with E-state index in [1.54, 1.807) is 0 Å². The zero-order valence-corrected chi connectivity index (χ0v) is 8.77. The Labute approximate surface area is 89.6 Å². The fourth-order valence-electron chi connectivity index (χ4n) is 0.995. The van der Waals surface area contributed by atoms with Crippen LogP contribution in [0, 0.1) is 5.82 Å². The summed E-state index contributed by atoms with van der Waals surface area (Å²) in [5.74, 6) is -0.146. The van der Waals surface area contributed by atoms with E-state index in [-0.39, 0.29) is 5.02 Å². The lowest BCUT2D eigenvalue weighted by molar-refractivity contribution is 0.310. The lowest BCUT2D eigenvalue weighted by atomic mass is 9.95. The van der Waals surface area contributed by atoms with Gasteiger partial charge >= 0.3 is 0 Å². The molecule has 2 radical (unpaired) electrons. The van der Waals surface area contributed by atoms with Crippen molar-refractivity contribution in [1.82, 2.24) is 0 Å². The first-order valence-corrected chi connectivity index (χ1v) is 4.90. The Hall–Kier alpha value is -0.695. The Morgan fingerprint density at radius 2 is 2.21 bits per heavy atom. The number of rotatable bonds is 4. The van der Waals surface area contributed by atoms with Crippen LogP contribution in [0.2, 0.25) is 5.02 Å². The molecule has 0 aliphatic carbocycles. The summed E-state index contributed by atoms with van der Waals surface area (Å²) in [6.07, 6.45) is 1.94. The van der Waals surface area contributed by atoms with Gasteiger partial charge in [-0.25, -0.2) is 4.39 Å². The van der Waals surface area contributed by atoms with Crippen LogP contribution in [0.15, 0.2) is 12.1 Å². The zero-order valence-electron chi connectivity index (χ0n) is 8.02. The summed E-state index contributed by atoms with van der Waals surface area (Å²) < 4.78 is 18.3. The largest absolute Gasteiger partial charge is 0.494 e. The highest BCUT2D eigenvalue weighted by molar-refractivity contribution is 6.37. The highest BCUT2D eigenvalue weighted by atomic mass is 35.5. The predicted octanol–water partition coefficient (Wildman–Crippen LogP) is 2.45. The average Bonchev–Trinajstić information content (AvgIpc) is 2.14. The average molecular weight is 212 g/mol. The summed E-state index contributed by atoms with van der Waals surface area (Å²) in [5.41, 5.74) is 0.368. The zero-order chi connectivity index (χ0) is 10.6. The monoisotopic (exact) mass is 212 g/mol. The summed E-state index contributed by atoms with van der Waals surface area (Å²) in [5, 5.41) is 0.0188. The molecule has 14 heavy (non-hydrogen) atoms. The van der Waals surface area contributed by atoms with Gasteiger partial charge in [0.15, 0.2) is 0 Å². The van der Waals surface area contributed by atoms with Crippen LogP contribution in [0.25, 0.3) is 0 Å². The minimum atomic E-state index is -0.507. The normalized spacial score (nSPS) is 10.2. The van der Waals surface area contributed by atoms with Gasteiger partial charge in [0.25, 0.3) is 0 Å². The fourth-order valence-corrected chi connectivity index (χ4v) is 1.17. The molecule has 0 aromatic heterocycles. The van der Waals surface area contributed by atoms with Crippen molar-refractivity contribution in [3.8, 4) is 5.75 Å². The van der Waals surface area contributed by atoms with Gasteiger partial charge in [-0.1, -0.05) is 30.4 Å². The maximum atomic E-state index is 13.0. The van der Waals surface area contributed by atoms with Gasteiger partial charge in [-0.15, -0.1) is 0 Å². The Morgan fingerprint density at radius 3 is 2.86 bits per heavy atom. The smallest absolute Gasteiger partial charge is 0.145 e. The molecule has 0 heterocycles. The van der Waals surface area contributed by atoms with E-state index in [4.69, 9.17) is 24.2 Å². The molecule has 0 bridgehead atoms. The van der Waals surface area contributed by atoms with E-state index in [1.807, 2.05) is 0 Å². The maximum absolute atomic E-state index is 13.0. The molecule has 1 nitrogen and oxygen atoms in total. The molecule has 4 heteroatoms. The molecule has 0 amide bonds. The van der Waals surface area contributed by atoms with Gasteiger partial charge in [0, 0.05) is 6.07 Å². The van der Waals surface area contributed by atoms with Crippen molar-refractivity contribution in [2.75, 3.05) is 6.61 Å². The lowest BCUT2D eigenvalue weighted by Gasteiger charge is -2.09. The molecular weight excluding hydrogens is 201 g/mol. The van der Waals surface area contributed by atoms with Crippen molar-refractivity contribution < 1.29 is 9.13 Å². The molecule has 0 saturated heterocycles. The van der Waals surface area contributed by atoms with Crippen molar-refractivity contribution in [1.29, 1.82) is 0 Å². The maximum Gasteiger partial charge on any atom is 0.145 e. The summed E-state index contributed by atoms with van der Waals surface area (Å²) >= 11 is 5.54. The minimum absolute atomic E-state index is 0.0188. The Morgan fingerprint density at radius 1 is 1.50 bits per heavy atom. The van der Waals surface area contributed by atoms with Crippen LogP contribution in [0.3, 0.4) is 0 Å². The molecule has 1 aromatic carbocycles. The summed E-state index contributed by atoms with van der Waals surface area (Å²) in [6.45, 7) is 2.59. The summed E-state index contributed by atoms with van der Waals surface area (Å²) in [4.78, 5) is 0. The first-order chi connectivity index (χ1) is 6.65. The Kier molecular flexibility index (Phi) is 4.27. The van der Waals surface area contributed by atoms with Crippen molar-refractivity contribution in [3.05, 3.63) is 23.0 Å². The molecule has 0 spiro atoms. The third-order valence-electron chi connectivity index (χ3n) is 1.81. The molecule has 0 atom stereocenters. The molecule has 0 saturated carbocycles. The molecule has 1 aromatic rings. The van der Waals surface area contributed by atoms with E-state index >= 15 is 0 Å². The quantitative estimate of drug-likeness (QED) is 0.550. The lowest BCUT2D eigenvalue weighted by Crippen LogP contribution is -2.11. The molecular formula is C10H11BClFO. The van der Waals surface area contributed by atoms with Crippen molar-refractivity contribution in [2.24, 2.45) is 0 Å². The molecule has 74 valence electrons. The van der Waals surface area contributed by atoms with E-state index in [0.29, 0.717) is 17.8 Å². The van der Waals surface area contributed by atoms with Crippen LogP contribution in [0.1, 0.15) is 19.8 Å². The van der Waals surface area contributed by atoms with Gasteiger partial charge in [-0.05, 0) is 12.5 Å². The van der Waals surface area contributed by atoms with Gasteiger partial charge in [0.05, 0.1) is 11.6 Å². The molecule has 0 aliphatic rings. The summed E-state index contributed by atoms with van der Waals surface area (Å²) in [7, 11) is 5.60. The number of halogens is 2. The molecule has 0 aliphatic heterocycles. The molecule has 1 rings (SSSR count). The van der Waals surface area contributed by atoms with Crippen LogP contribution >= 0.6 is 11.6 Å². The summed E-state index contributed by atoms with van der Waals surface area (Å²) in [6, 6.07) is 2.57. The van der Waals surface area contributed by atoms with Crippen LogP contribution in [-0.2, 0) is 0 Å². The van der Waals surface area contributed by atoms with Gasteiger partial charge in [0.1, 0.15) is 19.4 Å². The van der Waals surface area contributed by atoms with Crippen LogP contribution < -0.4 is 10.2 Å². The third-order valence-corrected chi connectivity index (χ3v) is 2.10. The Balaban J connectivity index is 2.72. The minimum Gasteiger partial charge on any atom is -0.494 e. The number of benzene rings is 1. The first-order valence-electron chi connectivity index (χ1n) is 4.52. The number of ether oxygens (including phenoxy) is 1. The van der Waals surface area contributed by atoms with E-state index in [9.17, 15) is 4.39 Å². The van der Waals surface area contributed by atoms with Crippen LogP contribution in [-0.4, -0.2) is 14.5 Å². The van der Waals surface area contributed by atoms with E-state index in [1.165, 1.54) is 12.1 Å². The second kappa shape index (κ2) is 5.25. The number of hydrogen-bond acceptors (Lipinski definition) is 1. The van der Waals surface area contributed by atoms with Gasteiger partial charge in [-0.3, -0.25) is 0 Å². The highest BCUT2D eigenvalue weighted by Gasteiger charge is 2.05. The predicted molar refractivity (Wildman–Crippen MR) is 57.2 cm³/mol. The third kappa shape index (κ3) is 2.91. The van der Waals surface area contributed by atoms with Gasteiger partial charge in [-0.2, -0.15) is 0 Å². The molecule has 0 N–H and O–H groups in total. The van der Waals surface area contributed by atoms with Crippen LogP contribution in [0.4, 0.5) is 4.39 Å². The Bertz CT molecular complexity index is 317. The number of unbranched alkanes of at least 4 members (excludes halogenated alkanes) is 1.